The smallest absolute Gasteiger partial charge is 0.254 e. The van der Waals surface area contributed by atoms with Crippen LogP contribution in [0.4, 0.5) is 0 Å². The molecule has 0 N–H and O–H groups in total. The van der Waals surface area contributed by atoms with E-state index < -0.39 is 0 Å². The first-order valence-corrected chi connectivity index (χ1v) is 7.95. The van der Waals surface area contributed by atoms with Crippen LogP contribution in [0.15, 0.2) is 24.3 Å². The lowest BCUT2D eigenvalue weighted by Crippen LogP contribution is -2.51. The fraction of sp³-hybridized carbons (Fsp3) is 0.588. The molecule has 1 amide bonds. The average molecular weight is 310 g/mol. The molecular formula is C17H24ClNO2. The van der Waals surface area contributed by atoms with Crippen LogP contribution in [-0.2, 0) is 10.2 Å². The molecule has 2 unspecified atom stereocenters. The first-order valence-electron chi connectivity index (χ1n) is 7.42. The Morgan fingerprint density at radius 1 is 1.33 bits per heavy atom. The second kappa shape index (κ2) is 6.37. The molecule has 1 fully saturated rings. The maximum Gasteiger partial charge on any atom is 0.254 e. The molecule has 4 heteroatoms. The van der Waals surface area contributed by atoms with Crippen molar-refractivity contribution in [3.8, 4) is 0 Å². The Hall–Kier alpha value is -1.06. The van der Waals surface area contributed by atoms with Crippen molar-refractivity contribution in [3.63, 3.8) is 0 Å². The van der Waals surface area contributed by atoms with Gasteiger partial charge in [-0.25, -0.2) is 0 Å². The number of ether oxygens (including phenoxy) is 1. The van der Waals surface area contributed by atoms with Crippen molar-refractivity contribution in [1.82, 2.24) is 4.90 Å². The molecule has 0 radical (unpaired) electrons. The molecule has 1 aromatic carbocycles. The molecular weight excluding hydrogens is 286 g/mol. The molecule has 2 rings (SSSR count). The molecule has 1 aliphatic heterocycles. The van der Waals surface area contributed by atoms with E-state index in [0.717, 1.165) is 5.56 Å². The van der Waals surface area contributed by atoms with Crippen LogP contribution in [-0.4, -0.2) is 42.0 Å². The van der Waals surface area contributed by atoms with Gasteiger partial charge in [-0.1, -0.05) is 32.9 Å². The Bertz CT molecular complexity index is 493. The molecule has 116 valence electrons. The summed E-state index contributed by atoms with van der Waals surface area (Å²) in [5.41, 5.74) is 2.05. The van der Waals surface area contributed by atoms with Crippen LogP contribution in [0.5, 0.6) is 0 Å². The Morgan fingerprint density at radius 3 is 2.48 bits per heavy atom. The van der Waals surface area contributed by atoms with Crippen molar-refractivity contribution in [2.45, 2.75) is 45.3 Å². The Morgan fingerprint density at radius 2 is 1.95 bits per heavy atom. The summed E-state index contributed by atoms with van der Waals surface area (Å²) in [6, 6.07) is 8.00. The summed E-state index contributed by atoms with van der Waals surface area (Å²) >= 11 is 5.85. The SMILES string of the molecule is CC1COC(CCl)CN1C(=O)c1ccc(C(C)(C)C)cc1. The largest absolute Gasteiger partial charge is 0.373 e. The van der Waals surface area contributed by atoms with Crippen molar-refractivity contribution >= 4 is 17.5 Å². The molecule has 21 heavy (non-hydrogen) atoms. The predicted molar refractivity (Wildman–Crippen MR) is 86.1 cm³/mol. The molecule has 3 nitrogen and oxygen atoms in total. The topological polar surface area (TPSA) is 29.5 Å². The van der Waals surface area contributed by atoms with Gasteiger partial charge in [0.15, 0.2) is 0 Å². The van der Waals surface area contributed by atoms with E-state index >= 15 is 0 Å². The number of halogens is 1. The van der Waals surface area contributed by atoms with E-state index in [1.807, 2.05) is 36.1 Å². The number of benzene rings is 1. The summed E-state index contributed by atoms with van der Waals surface area (Å²) in [5, 5.41) is 0. The van der Waals surface area contributed by atoms with E-state index in [2.05, 4.69) is 20.8 Å². The summed E-state index contributed by atoms with van der Waals surface area (Å²) < 4.78 is 5.59. The third-order valence-corrected chi connectivity index (χ3v) is 4.28. The zero-order valence-corrected chi connectivity index (χ0v) is 14.0. The van der Waals surface area contributed by atoms with Gasteiger partial charge >= 0.3 is 0 Å². The maximum atomic E-state index is 12.7. The minimum Gasteiger partial charge on any atom is -0.373 e. The minimum atomic E-state index is -0.0688. The van der Waals surface area contributed by atoms with E-state index in [1.54, 1.807) is 0 Å². The molecule has 0 aliphatic carbocycles. The number of amides is 1. The van der Waals surface area contributed by atoms with Gasteiger partial charge in [0, 0.05) is 12.1 Å². The molecule has 0 spiro atoms. The molecule has 0 aromatic heterocycles. The van der Waals surface area contributed by atoms with E-state index in [1.165, 1.54) is 5.56 Å². The third kappa shape index (κ3) is 3.78. The summed E-state index contributed by atoms with van der Waals surface area (Å²) in [4.78, 5) is 14.5. The van der Waals surface area contributed by atoms with Crippen molar-refractivity contribution in [2.24, 2.45) is 0 Å². The van der Waals surface area contributed by atoms with Crippen LogP contribution >= 0.6 is 11.6 Å². The number of rotatable bonds is 2. The fourth-order valence-corrected chi connectivity index (χ4v) is 2.66. The second-order valence-corrected chi connectivity index (χ2v) is 7.05. The second-order valence-electron chi connectivity index (χ2n) is 6.74. The predicted octanol–water partition coefficient (Wildman–Crippen LogP) is 3.45. The minimum absolute atomic E-state index is 0.0568. The Kier molecular flexibility index (Phi) is 4.95. The number of morpholine rings is 1. The molecule has 2 atom stereocenters. The summed E-state index contributed by atoms with van der Waals surface area (Å²) in [7, 11) is 0. The van der Waals surface area contributed by atoms with Crippen molar-refractivity contribution < 1.29 is 9.53 Å². The van der Waals surface area contributed by atoms with Gasteiger partial charge in [0.2, 0.25) is 0 Å². The molecule has 0 saturated carbocycles. The number of carbonyl (C=O) groups excluding carboxylic acids is 1. The molecule has 1 heterocycles. The summed E-state index contributed by atoms with van der Waals surface area (Å²) in [6.45, 7) is 9.61. The van der Waals surface area contributed by atoms with Crippen molar-refractivity contribution in [2.75, 3.05) is 19.0 Å². The first-order chi connectivity index (χ1) is 9.82. The highest BCUT2D eigenvalue weighted by Crippen LogP contribution is 2.23. The number of alkyl halides is 1. The van der Waals surface area contributed by atoms with Gasteiger partial charge in [0.25, 0.3) is 5.91 Å². The average Bonchev–Trinajstić information content (AvgIpc) is 2.46. The number of hydrogen-bond donors (Lipinski definition) is 0. The summed E-state index contributed by atoms with van der Waals surface area (Å²) in [6.07, 6.45) is -0.0688. The Balaban J connectivity index is 2.15. The standard InChI is InChI=1S/C17H24ClNO2/c1-12-11-21-15(9-18)10-19(12)16(20)13-5-7-14(8-6-13)17(2,3)4/h5-8,12,15H,9-11H2,1-4H3. The van der Waals surface area contributed by atoms with Crippen LogP contribution in [0, 0.1) is 0 Å². The van der Waals surface area contributed by atoms with E-state index in [-0.39, 0.29) is 23.5 Å². The van der Waals surface area contributed by atoms with E-state index in [4.69, 9.17) is 16.3 Å². The number of hydrogen-bond acceptors (Lipinski definition) is 2. The Labute approximate surface area is 132 Å². The van der Waals surface area contributed by atoms with Crippen LogP contribution in [0.25, 0.3) is 0 Å². The monoisotopic (exact) mass is 309 g/mol. The lowest BCUT2D eigenvalue weighted by molar-refractivity contribution is -0.0371. The van der Waals surface area contributed by atoms with Gasteiger partial charge in [-0.15, -0.1) is 11.6 Å². The fourth-order valence-electron chi connectivity index (χ4n) is 2.47. The molecule has 1 aliphatic rings. The van der Waals surface area contributed by atoms with E-state index in [9.17, 15) is 4.79 Å². The summed E-state index contributed by atoms with van der Waals surface area (Å²) in [5.74, 6) is 0.473. The quantitative estimate of drug-likeness (QED) is 0.783. The highest BCUT2D eigenvalue weighted by molar-refractivity contribution is 6.18. The van der Waals surface area contributed by atoms with Gasteiger partial charge in [0.1, 0.15) is 0 Å². The normalized spacial score (nSPS) is 23.2. The van der Waals surface area contributed by atoms with Crippen LogP contribution in [0.3, 0.4) is 0 Å². The molecule has 1 aromatic rings. The van der Waals surface area contributed by atoms with Gasteiger partial charge in [0.05, 0.1) is 24.6 Å². The number of nitrogens with zero attached hydrogens (tertiary/aromatic N) is 1. The lowest BCUT2D eigenvalue weighted by Gasteiger charge is -2.37. The maximum absolute atomic E-state index is 12.7. The van der Waals surface area contributed by atoms with Crippen molar-refractivity contribution in [3.05, 3.63) is 35.4 Å². The van der Waals surface area contributed by atoms with Crippen molar-refractivity contribution in [1.29, 1.82) is 0 Å². The van der Waals surface area contributed by atoms with Crippen LogP contribution in [0.2, 0.25) is 0 Å². The highest BCUT2D eigenvalue weighted by atomic mass is 35.5. The highest BCUT2D eigenvalue weighted by Gasteiger charge is 2.29. The zero-order chi connectivity index (χ0) is 15.6. The molecule has 0 bridgehead atoms. The molecule has 1 saturated heterocycles. The van der Waals surface area contributed by atoms with Crippen LogP contribution in [0.1, 0.15) is 43.6 Å². The lowest BCUT2D eigenvalue weighted by atomic mass is 9.86. The van der Waals surface area contributed by atoms with Crippen LogP contribution < -0.4 is 0 Å². The van der Waals surface area contributed by atoms with Gasteiger partial charge in [-0.05, 0) is 30.0 Å². The van der Waals surface area contributed by atoms with Gasteiger partial charge in [-0.2, -0.15) is 0 Å². The van der Waals surface area contributed by atoms with Gasteiger partial charge in [-0.3, -0.25) is 4.79 Å². The zero-order valence-electron chi connectivity index (χ0n) is 13.2. The van der Waals surface area contributed by atoms with Gasteiger partial charge < -0.3 is 9.64 Å². The number of carbonyl (C=O) groups is 1. The third-order valence-electron chi connectivity index (χ3n) is 3.94. The van der Waals surface area contributed by atoms with E-state index in [0.29, 0.717) is 19.0 Å². The first kappa shape index (κ1) is 16.3.